The number of thiocarbonyl (C=S) groups is 1. The predicted octanol–water partition coefficient (Wildman–Crippen LogP) is 4.85. The molecule has 1 fully saturated rings. The molecule has 0 spiro atoms. The molecular formula is C18H16N2O4S2. The average molecular weight is 388 g/mol. The quantitative estimate of drug-likeness (QED) is 0.315. The van der Waals surface area contributed by atoms with Crippen LogP contribution in [0.4, 0.5) is 5.69 Å². The van der Waals surface area contributed by atoms with Crippen molar-refractivity contribution in [1.29, 1.82) is 0 Å². The molecule has 0 bridgehead atoms. The number of nitrogens with zero attached hydrogens (tertiary/aromatic N) is 2. The molecule has 1 aromatic heterocycles. The van der Waals surface area contributed by atoms with E-state index >= 15 is 0 Å². The first kappa shape index (κ1) is 18.3. The summed E-state index contributed by atoms with van der Waals surface area (Å²) in [6, 6.07) is 9.71. The maximum Gasteiger partial charge on any atom is 0.270 e. The molecule has 0 N–H and O–H groups in total. The summed E-state index contributed by atoms with van der Waals surface area (Å²) in [6.45, 7) is 3.96. The minimum absolute atomic E-state index is 0.00475. The van der Waals surface area contributed by atoms with E-state index in [2.05, 4.69) is 0 Å². The molecule has 1 aromatic carbocycles. The van der Waals surface area contributed by atoms with Crippen molar-refractivity contribution in [3.05, 3.63) is 57.2 Å². The van der Waals surface area contributed by atoms with Gasteiger partial charge in [-0.3, -0.25) is 19.8 Å². The number of non-ortho nitro benzene ring substituents is 1. The van der Waals surface area contributed by atoms with E-state index in [1.54, 1.807) is 35.2 Å². The molecule has 1 aliphatic rings. The fraction of sp³-hybridized carbons (Fsp3) is 0.222. The van der Waals surface area contributed by atoms with Crippen LogP contribution < -0.4 is 0 Å². The van der Waals surface area contributed by atoms with E-state index in [9.17, 15) is 14.9 Å². The third kappa shape index (κ3) is 3.56. The molecular weight excluding hydrogens is 372 g/mol. The van der Waals surface area contributed by atoms with Gasteiger partial charge in [-0.2, -0.15) is 0 Å². The molecule has 1 saturated heterocycles. The molecule has 6 nitrogen and oxygen atoms in total. The van der Waals surface area contributed by atoms with E-state index < -0.39 is 4.92 Å². The fourth-order valence-corrected chi connectivity index (χ4v) is 3.97. The van der Waals surface area contributed by atoms with Crippen LogP contribution in [0.2, 0.25) is 0 Å². The molecule has 3 rings (SSSR count). The van der Waals surface area contributed by atoms with Gasteiger partial charge in [0.05, 0.1) is 9.83 Å². The van der Waals surface area contributed by atoms with Gasteiger partial charge in [0, 0.05) is 29.8 Å². The van der Waals surface area contributed by atoms with Crippen LogP contribution in [0.5, 0.6) is 0 Å². The molecule has 0 radical (unpaired) electrons. The van der Waals surface area contributed by atoms with Crippen LogP contribution >= 0.6 is 24.0 Å². The standard InChI is InChI=1S/C18H16N2O4S2/c1-3-11(2)19-17(21)16(26-18(19)25)10-14-7-8-15(24-14)12-5-4-6-13(9-12)20(22)23/h4-11H,3H2,1-2H3/b16-10-/t11-/m1/s1. The molecule has 26 heavy (non-hydrogen) atoms. The minimum Gasteiger partial charge on any atom is -0.457 e. The monoisotopic (exact) mass is 388 g/mol. The Labute approximate surface area is 160 Å². The van der Waals surface area contributed by atoms with Gasteiger partial charge >= 0.3 is 0 Å². The van der Waals surface area contributed by atoms with Crippen LogP contribution in [-0.2, 0) is 4.79 Å². The number of nitro groups is 1. The van der Waals surface area contributed by atoms with Crippen molar-refractivity contribution >= 4 is 46.0 Å². The van der Waals surface area contributed by atoms with E-state index in [0.717, 1.165) is 6.42 Å². The van der Waals surface area contributed by atoms with Crippen LogP contribution in [0.3, 0.4) is 0 Å². The predicted molar refractivity (Wildman–Crippen MR) is 106 cm³/mol. The number of nitro benzene ring substituents is 1. The number of thioether (sulfide) groups is 1. The first-order chi connectivity index (χ1) is 12.4. The second-order valence-electron chi connectivity index (χ2n) is 5.82. The number of amides is 1. The van der Waals surface area contributed by atoms with Crippen LogP contribution in [0.15, 0.2) is 45.7 Å². The summed E-state index contributed by atoms with van der Waals surface area (Å²) in [5.41, 5.74) is 0.598. The molecule has 1 amide bonds. The molecule has 134 valence electrons. The van der Waals surface area contributed by atoms with E-state index in [4.69, 9.17) is 16.6 Å². The summed E-state index contributed by atoms with van der Waals surface area (Å²) in [7, 11) is 0. The SMILES string of the molecule is CC[C@@H](C)N1C(=O)/C(=C/c2ccc(-c3cccc([N+](=O)[O-])c3)o2)SC1=S. The van der Waals surface area contributed by atoms with Gasteiger partial charge in [0.15, 0.2) is 0 Å². The number of carbonyl (C=O) groups is 1. The lowest BCUT2D eigenvalue weighted by Gasteiger charge is -2.21. The lowest BCUT2D eigenvalue weighted by molar-refractivity contribution is -0.384. The topological polar surface area (TPSA) is 76.6 Å². The summed E-state index contributed by atoms with van der Waals surface area (Å²) in [6.07, 6.45) is 2.47. The van der Waals surface area contributed by atoms with Crippen LogP contribution in [0.1, 0.15) is 26.0 Å². The van der Waals surface area contributed by atoms with Gasteiger partial charge in [0.25, 0.3) is 11.6 Å². The molecule has 1 aliphatic heterocycles. The molecule has 0 aliphatic carbocycles. The highest BCUT2D eigenvalue weighted by atomic mass is 32.2. The lowest BCUT2D eigenvalue weighted by Crippen LogP contribution is -2.36. The second-order valence-corrected chi connectivity index (χ2v) is 7.49. The fourth-order valence-electron chi connectivity index (χ4n) is 2.53. The smallest absolute Gasteiger partial charge is 0.270 e. The van der Waals surface area contributed by atoms with Gasteiger partial charge in [-0.15, -0.1) is 0 Å². The van der Waals surface area contributed by atoms with Crippen molar-refractivity contribution in [3.63, 3.8) is 0 Å². The summed E-state index contributed by atoms with van der Waals surface area (Å²) in [4.78, 5) is 25.1. The molecule has 2 aromatic rings. The Kier molecular flexibility index (Phi) is 5.24. The highest BCUT2D eigenvalue weighted by Crippen LogP contribution is 2.35. The van der Waals surface area contributed by atoms with Gasteiger partial charge in [0.1, 0.15) is 15.8 Å². The summed E-state index contributed by atoms with van der Waals surface area (Å²) < 4.78 is 6.29. The van der Waals surface area contributed by atoms with Crippen molar-refractivity contribution in [3.8, 4) is 11.3 Å². The number of furan rings is 1. The van der Waals surface area contributed by atoms with E-state index in [-0.39, 0.29) is 17.6 Å². The van der Waals surface area contributed by atoms with Crippen LogP contribution in [0, 0.1) is 10.1 Å². The van der Waals surface area contributed by atoms with Crippen LogP contribution in [0.25, 0.3) is 17.4 Å². The number of rotatable bonds is 5. The first-order valence-electron chi connectivity index (χ1n) is 8.02. The van der Waals surface area contributed by atoms with E-state index in [0.29, 0.717) is 26.3 Å². The van der Waals surface area contributed by atoms with Crippen LogP contribution in [-0.4, -0.2) is 26.1 Å². The number of carbonyl (C=O) groups excluding carboxylic acids is 1. The average Bonchev–Trinajstić information content (AvgIpc) is 3.19. The summed E-state index contributed by atoms with van der Waals surface area (Å²) in [5.74, 6) is 0.871. The lowest BCUT2D eigenvalue weighted by atomic mass is 10.1. The molecule has 2 heterocycles. The zero-order valence-electron chi connectivity index (χ0n) is 14.2. The second kappa shape index (κ2) is 7.43. The Bertz CT molecular complexity index is 919. The number of benzene rings is 1. The van der Waals surface area contributed by atoms with Crippen molar-refractivity contribution in [2.24, 2.45) is 0 Å². The summed E-state index contributed by atoms with van der Waals surface area (Å²) >= 11 is 6.56. The Hall–Kier alpha value is -2.45. The number of hydrogen-bond acceptors (Lipinski definition) is 6. The van der Waals surface area contributed by atoms with Gasteiger partial charge in [-0.25, -0.2) is 0 Å². The van der Waals surface area contributed by atoms with E-state index in [1.165, 1.54) is 23.9 Å². The van der Waals surface area contributed by atoms with Crippen molar-refractivity contribution < 1.29 is 14.1 Å². The highest BCUT2D eigenvalue weighted by Gasteiger charge is 2.34. The minimum atomic E-state index is -0.451. The van der Waals surface area contributed by atoms with Gasteiger partial charge in [-0.1, -0.05) is 43.0 Å². The van der Waals surface area contributed by atoms with Gasteiger partial charge < -0.3 is 4.42 Å². The maximum absolute atomic E-state index is 12.5. The Morgan fingerprint density at radius 1 is 1.38 bits per heavy atom. The molecule has 0 saturated carbocycles. The van der Waals surface area contributed by atoms with Gasteiger partial charge in [0.2, 0.25) is 0 Å². The van der Waals surface area contributed by atoms with E-state index in [1.807, 2.05) is 13.8 Å². The molecule has 1 atom stereocenters. The highest BCUT2D eigenvalue weighted by molar-refractivity contribution is 8.26. The molecule has 8 heteroatoms. The van der Waals surface area contributed by atoms with Crippen molar-refractivity contribution in [1.82, 2.24) is 4.90 Å². The van der Waals surface area contributed by atoms with Crippen molar-refractivity contribution in [2.45, 2.75) is 26.3 Å². The molecule has 0 unspecified atom stereocenters. The zero-order valence-corrected chi connectivity index (χ0v) is 15.8. The maximum atomic E-state index is 12.5. The van der Waals surface area contributed by atoms with Crippen molar-refractivity contribution in [2.75, 3.05) is 0 Å². The zero-order chi connectivity index (χ0) is 18.8. The van der Waals surface area contributed by atoms with Gasteiger partial charge in [-0.05, 0) is 25.5 Å². The summed E-state index contributed by atoms with van der Waals surface area (Å²) in [5, 5.41) is 10.9. The number of hydrogen-bond donors (Lipinski definition) is 0. The first-order valence-corrected chi connectivity index (χ1v) is 9.25. The Morgan fingerprint density at radius 3 is 2.85 bits per heavy atom. The Balaban J connectivity index is 1.86. The third-order valence-corrected chi connectivity index (χ3v) is 5.43. The third-order valence-electron chi connectivity index (χ3n) is 4.10. The largest absolute Gasteiger partial charge is 0.457 e. The Morgan fingerprint density at radius 2 is 2.15 bits per heavy atom. The normalized spacial score (nSPS) is 17.2.